The molecule has 1 amide bonds. The third-order valence-corrected chi connectivity index (χ3v) is 3.72. The molecule has 1 aromatic carbocycles. The summed E-state index contributed by atoms with van der Waals surface area (Å²) in [5, 5.41) is 10.7. The minimum atomic E-state index is -0.506. The second-order valence-electron chi connectivity index (χ2n) is 5.42. The zero-order valence-electron chi connectivity index (χ0n) is 12.7. The molecule has 3 rings (SSSR count). The van der Waals surface area contributed by atoms with Crippen molar-refractivity contribution in [3.63, 3.8) is 0 Å². The van der Waals surface area contributed by atoms with Gasteiger partial charge in [0.2, 0.25) is 0 Å². The second-order valence-corrected chi connectivity index (χ2v) is 5.42. The van der Waals surface area contributed by atoms with Crippen LogP contribution in [0.1, 0.15) is 34.5 Å². The van der Waals surface area contributed by atoms with Crippen LogP contribution in [0.15, 0.2) is 66.9 Å². The van der Waals surface area contributed by atoms with Gasteiger partial charge in [0, 0.05) is 6.20 Å². The standard InChI is InChI=1S/C19H18N2O2/c22-19(21(23)14-15-7-3-1-4-8-15)18-12-11-17(13-20-18)16-9-5-2-6-10-16/h1,3-5,7-13,23H,2,6,14H2. The summed E-state index contributed by atoms with van der Waals surface area (Å²) in [5.41, 5.74) is 3.18. The number of hydrogen-bond donors (Lipinski definition) is 1. The SMILES string of the molecule is O=C(c1ccc(C2=CCCC=C2)cn1)N(O)Cc1ccccc1. The van der Waals surface area contributed by atoms with E-state index in [-0.39, 0.29) is 12.2 Å². The van der Waals surface area contributed by atoms with E-state index in [0.29, 0.717) is 5.06 Å². The van der Waals surface area contributed by atoms with E-state index in [4.69, 9.17) is 0 Å². The normalized spacial score (nSPS) is 13.5. The van der Waals surface area contributed by atoms with E-state index in [0.717, 1.165) is 29.5 Å². The quantitative estimate of drug-likeness (QED) is 0.689. The van der Waals surface area contributed by atoms with Crippen molar-refractivity contribution < 1.29 is 10.0 Å². The Labute approximate surface area is 135 Å². The fourth-order valence-corrected chi connectivity index (χ4v) is 2.48. The van der Waals surface area contributed by atoms with Gasteiger partial charge in [-0.15, -0.1) is 0 Å². The maximum Gasteiger partial charge on any atom is 0.296 e. The van der Waals surface area contributed by atoms with Crippen molar-refractivity contribution in [2.45, 2.75) is 19.4 Å². The molecule has 23 heavy (non-hydrogen) atoms. The lowest BCUT2D eigenvalue weighted by atomic mass is 10.0. The van der Waals surface area contributed by atoms with Crippen molar-refractivity contribution in [2.24, 2.45) is 0 Å². The molecule has 0 fully saturated rings. The first-order chi connectivity index (χ1) is 11.2. The van der Waals surface area contributed by atoms with Crippen LogP contribution in [0.4, 0.5) is 0 Å². The molecule has 1 N–H and O–H groups in total. The Morgan fingerprint density at radius 3 is 2.61 bits per heavy atom. The van der Waals surface area contributed by atoms with Crippen molar-refractivity contribution in [3.8, 4) is 0 Å². The van der Waals surface area contributed by atoms with Crippen molar-refractivity contribution in [1.82, 2.24) is 10.0 Å². The summed E-state index contributed by atoms with van der Waals surface area (Å²) < 4.78 is 0. The molecule has 0 bridgehead atoms. The number of hydrogen-bond acceptors (Lipinski definition) is 3. The summed E-state index contributed by atoms with van der Waals surface area (Å²) >= 11 is 0. The second kappa shape index (κ2) is 7.03. The highest BCUT2D eigenvalue weighted by Crippen LogP contribution is 2.20. The van der Waals surface area contributed by atoms with Crippen LogP contribution in [0.5, 0.6) is 0 Å². The number of aromatic nitrogens is 1. The predicted octanol–water partition coefficient (Wildman–Crippen LogP) is 3.85. The Kier molecular flexibility index (Phi) is 4.64. The topological polar surface area (TPSA) is 53.4 Å². The van der Waals surface area contributed by atoms with Gasteiger partial charge >= 0.3 is 0 Å². The van der Waals surface area contributed by atoms with Crippen molar-refractivity contribution in [1.29, 1.82) is 0 Å². The van der Waals surface area contributed by atoms with Gasteiger partial charge in [-0.2, -0.15) is 0 Å². The number of benzene rings is 1. The average molecular weight is 306 g/mol. The Hall–Kier alpha value is -2.72. The van der Waals surface area contributed by atoms with Gasteiger partial charge < -0.3 is 0 Å². The van der Waals surface area contributed by atoms with E-state index in [9.17, 15) is 10.0 Å². The maximum absolute atomic E-state index is 12.2. The molecule has 1 aliphatic rings. The highest BCUT2D eigenvalue weighted by Gasteiger charge is 2.15. The molecule has 1 heterocycles. The van der Waals surface area contributed by atoms with Gasteiger partial charge in [-0.1, -0.05) is 54.6 Å². The number of carbonyl (C=O) groups excluding carboxylic acids is 1. The van der Waals surface area contributed by atoms with Gasteiger partial charge in [0.05, 0.1) is 6.54 Å². The van der Waals surface area contributed by atoms with Gasteiger partial charge in [-0.25, -0.2) is 5.06 Å². The highest BCUT2D eigenvalue weighted by atomic mass is 16.5. The summed E-state index contributed by atoms with van der Waals surface area (Å²) in [5.74, 6) is -0.506. The van der Waals surface area contributed by atoms with Crippen LogP contribution >= 0.6 is 0 Å². The fourth-order valence-electron chi connectivity index (χ4n) is 2.48. The van der Waals surface area contributed by atoms with Crippen molar-refractivity contribution in [2.75, 3.05) is 0 Å². The van der Waals surface area contributed by atoms with Crippen LogP contribution in [0, 0.1) is 0 Å². The molecule has 0 saturated carbocycles. The fraction of sp³-hybridized carbons (Fsp3) is 0.158. The first-order valence-electron chi connectivity index (χ1n) is 7.62. The van der Waals surface area contributed by atoms with E-state index < -0.39 is 5.91 Å². The first kappa shape index (κ1) is 15.2. The van der Waals surface area contributed by atoms with Crippen LogP contribution in [0.25, 0.3) is 5.57 Å². The lowest BCUT2D eigenvalue weighted by Crippen LogP contribution is -2.27. The molecule has 0 saturated heterocycles. The summed E-state index contributed by atoms with van der Waals surface area (Å²) in [6.45, 7) is 0.136. The third-order valence-electron chi connectivity index (χ3n) is 3.72. The van der Waals surface area contributed by atoms with E-state index in [1.807, 2.05) is 36.4 Å². The zero-order valence-corrected chi connectivity index (χ0v) is 12.7. The van der Waals surface area contributed by atoms with Crippen LogP contribution in [-0.4, -0.2) is 21.2 Å². The van der Waals surface area contributed by atoms with Crippen molar-refractivity contribution >= 4 is 11.5 Å². The smallest absolute Gasteiger partial charge is 0.285 e. The number of hydroxylamine groups is 2. The molecule has 4 heteroatoms. The van der Waals surface area contributed by atoms with Gasteiger partial charge in [-0.05, 0) is 35.6 Å². The largest absolute Gasteiger partial charge is 0.296 e. The maximum atomic E-state index is 12.2. The number of carbonyl (C=O) groups is 1. The van der Waals surface area contributed by atoms with Gasteiger partial charge in [0.25, 0.3) is 5.91 Å². The molecule has 2 aromatic rings. The summed E-state index contributed by atoms with van der Waals surface area (Å²) in [4.78, 5) is 16.4. The Morgan fingerprint density at radius 1 is 1.13 bits per heavy atom. The lowest BCUT2D eigenvalue weighted by molar-refractivity contribution is -0.0652. The Morgan fingerprint density at radius 2 is 1.96 bits per heavy atom. The van der Waals surface area contributed by atoms with Gasteiger partial charge in [0.1, 0.15) is 5.69 Å². The lowest BCUT2D eigenvalue weighted by Gasteiger charge is -2.15. The minimum Gasteiger partial charge on any atom is -0.285 e. The van der Waals surface area contributed by atoms with E-state index in [1.54, 1.807) is 12.3 Å². The highest BCUT2D eigenvalue weighted by molar-refractivity contribution is 5.91. The predicted molar refractivity (Wildman–Crippen MR) is 88.7 cm³/mol. The molecule has 0 atom stereocenters. The number of allylic oxidation sites excluding steroid dienone is 4. The number of nitrogens with zero attached hydrogens (tertiary/aromatic N) is 2. The van der Waals surface area contributed by atoms with Crippen LogP contribution < -0.4 is 0 Å². The van der Waals surface area contributed by atoms with Gasteiger partial charge in [0.15, 0.2) is 0 Å². The zero-order chi connectivity index (χ0) is 16.1. The average Bonchev–Trinajstić information content (AvgIpc) is 2.63. The van der Waals surface area contributed by atoms with E-state index in [2.05, 4.69) is 23.2 Å². The Bertz CT molecular complexity index is 734. The number of rotatable bonds is 4. The monoisotopic (exact) mass is 306 g/mol. The molecular weight excluding hydrogens is 288 g/mol. The molecule has 0 unspecified atom stereocenters. The molecule has 1 aliphatic carbocycles. The molecule has 0 aliphatic heterocycles. The summed E-state index contributed by atoms with van der Waals surface area (Å²) in [6, 6.07) is 12.8. The van der Waals surface area contributed by atoms with E-state index >= 15 is 0 Å². The van der Waals surface area contributed by atoms with Crippen LogP contribution in [0.2, 0.25) is 0 Å². The van der Waals surface area contributed by atoms with Crippen molar-refractivity contribution in [3.05, 3.63) is 83.7 Å². The van der Waals surface area contributed by atoms with Crippen LogP contribution in [0.3, 0.4) is 0 Å². The molecular formula is C19H18N2O2. The molecule has 0 spiro atoms. The third kappa shape index (κ3) is 3.73. The van der Waals surface area contributed by atoms with Crippen LogP contribution in [-0.2, 0) is 6.54 Å². The number of amides is 1. The summed E-state index contributed by atoms with van der Waals surface area (Å²) in [7, 11) is 0. The van der Waals surface area contributed by atoms with Gasteiger partial charge in [-0.3, -0.25) is 15.0 Å². The first-order valence-corrected chi connectivity index (χ1v) is 7.62. The molecule has 1 aromatic heterocycles. The van der Waals surface area contributed by atoms with E-state index in [1.165, 1.54) is 0 Å². The molecule has 4 nitrogen and oxygen atoms in total. The Balaban J connectivity index is 1.70. The molecule has 0 radical (unpaired) electrons. The summed E-state index contributed by atoms with van der Waals surface area (Å²) in [6.07, 6.45) is 10.1. The minimum absolute atomic E-state index is 0.136. The number of pyridine rings is 1. The molecule has 116 valence electrons.